The van der Waals surface area contributed by atoms with Crippen LogP contribution in [0.15, 0.2) is 54.7 Å². The minimum absolute atomic E-state index is 0.0423. The molecule has 0 atom stereocenters. The van der Waals surface area contributed by atoms with Gasteiger partial charge in [0.25, 0.3) is 5.91 Å². The Morgan fingerprint density at radius 2 is 1.79 bits per heavy atom. The number of rotatable bonds is 4. The Hall–Kier alpha value is -3.06. The van der Waals surface area contributed by atoms with E-state index in [0.29, 0.717) is 17.9 Å². The number of amides is 1. The van der Waals surface area contributed by atoms with Crippen molar-refractivity contribution in [1.29, 1.82) is 0 Å². The summed E-state index contributed by atoms with van der Waals surface area (Å²) in [7, 11) is 0. The quantitative estimate of drug-likeness (QED) is 0.699. The molecule has 1 aliphatic heterocycles. The zero-order valence-corrected chi connectivity index (χ0v) is 16.0. The van der Waals surface area contributed by atoms with Crippen LogP contribution in [0, 0.1) is 6.92 Å². The van der Waals surface area contributed by atoms with Gasteiger partial charge in [0.1, 0.15) is 0 Å². The van der Waals surface area contributed by atoms with Crippen molar-refractivity contribution < 1.29 is 4.79 Å². The van der Waals surface area contributed by atoms with Crippen molar-refractivity contribution in [2.45, 2.75) is 19.9 Å². The molecule has 1 aromatic carbocycles. The SMILES string of the molecule is Cc1nn(-c2ccccc2)nc1C(=O)N1CCCN(Cc2ccccn2)CC1. The maximum absolute atomic E-state index is 13.1. The highest BCUT2D eigenvalue weighted by atomic mass is 16.2. The standard InChI is InChI=1S/C21H24N6O/c1-17-20(24-27(23-17)19-9-3-2-4-10-19)21(28)26-13-7-12-25(14-15-26)16-18-8-5-6-11-22-18/h2-6,8-11H,7,12-16H2,1H3. The fraction of sp³-hybridized carbons (Fsp3) is 0.333. The Balaban J connectivity index is 1.43. The van der Waals surface area contributed by atoms with E-state index in [-0.39, 0.29) is 5.91 Å². The number of pyridine rings is 1. The van der Waals surface area contributed by atoms with E-state index in [4.69, 9.17) is 0 Å². The van der Waals surface area contributed by atoms with Gasteiger partial charge >= 0.3 is 0 Å². The molecule has 1 aliphatic rings. The molecule has 0 saturated carbocycles. The minimum Gasteiger partial charge on any atom is -0.336 e. The molecule has 3 heterocycles. The first-order valence-corrected chi connectivity index (χ1v) is 9.61. The third-order valence-electron chi connectivity index (χ3n) is 4.96. The van der Waals surface area contributed by atoms with E-state index in [0.717, 1.165) is 44.0 Å². The maximum atomic E-state index is 13.1. The zero-order chi connectivity index (χ0) is 19.3. The average Bonchev–Trinajstić information content (AvgIpc) is 2.97. The Labute approximate surface area is 164 Å². The number of aromatic nitrogens is 4. The van der Waals surface area contributed by atoms with Crippen LogP contribution in [0.3, 0.4) is 0 Å². The Morgan fingerprint density at radius 3 is 2.57 bits per heavy atom. The van der Waals surface area contributed by atoms with E-state index in [1.54, 1.807) is 0 Å². The van der Waals surface area contributed by atoms with Crippen LogP contribution in [-0.2, 0) is 6.54 Å². The third kappa shape index (κ3) is 4.09. The first-order chi connectivity index (χ1) is 13.7. The number of carbonyl (C=O) groups excluding carboxylic acids is 1. The van der Waals surface area contributed by atoms with Crippen molar-refractivity contribution in [2.75, 3.05) is 26.2 Å². The lowest BCUT2D eigenvalue weighted by molar-refractivity contribution is 0.0754. The van der Waals surface area contributed by atoms with E-state index >= 15 is 0 Å². The van der Waals surface area contributed by atoms with Crippen LogP contribution < -0.4 is 0 Å². The molecule has 1 amide bonds. The number of hydrogen-bond acceptors (Lipinski definition) is 5. The molecule has 1 saturated heterocycles. The smallest absolute Gasteiger partial charge is 0.276 e. The van der Waals surface area contributed by atoms with Gasteiger partial charge in [-0.25, -0.2) is 0 Å². The lowest BCUT2D eigenvalue weighted by Crippen LogP contribution is -2.35. The molecule has 7 nitrogen and oxygen atoms in total. The third-order valence-corrected chi connectivity index (χ3v) is 4.96. The molecule has 144 valence electrons. The summed E-state index contributed by atoms with van der Waals surface area (Å²) < 4.78 is 0. The number of nitrogens with zero attached hydrogens (tertiary/aromatic N) is 6. The van der Waals surface area contributed by atoms with E-state index in [2.05, 4.69) is 20.1 Å². The van der Waals surface area contributed by atoms with Crippen LogP contribution in [-0.4, -0.2) is 61.9 Å². The molecular formula is C21H24N6O. The minimum atomic E-state index is -0.0423. The molecule has 0 unspecified atom stereocenters. The lowest BCUT2D eigenvalue weighted by atomic mass is 10.3. The van der Waals surface area contributed by atoms with Crippen molar-refractivity contribution in [3.05, 3.63) is 71.8 Å². The Kier molecular flexibility index (Phi) is 5.43. The van der Waals surface area contributed by atoms with Crippen LogP contribution in [0.5, 0.6) is 0 Å². The summed E-state index contributed by atoms with van der Waals surface area (Å²) in [5, 5.41) is 8.89. The van der Waals surface area contributed by atoms with E-state index in [1.165, 1.54) is 4.80 Å². The van der Waals surface area contributed by atoms with Crippen molar-refractivity contribution in [3.63, 3.8) is 0 Å². The van der Waals surface area contributed by atoms with Gasteiger partial charge in [-0.3, -0.25) is 14.7 Å². The first-order valence-electron chi connectivity index (χ1n) is 9.61. The second kappa shape index (κ2) is 8.31. The summed E-state index contributed by atoms with van der Waals surface area (Å²) in [5.41, 5.74) is 3.00. The number of carbonyl (C=O) groups is 1. The van der Waals surface area contributed by atoms with Gasteiger partial charge in [0, 0.05) is 38.9 Å². The molecule has 0 aliphatic carbocycles. The van der Waals surface area contributed by atoms with Crippen LogP contribution >= 0.6 is 0 Å². The summed E-state index contributed by atoms with van der Waals surface area (Å²) in [6.07, 6.45) is 2.76. The molecule has 0 bridgehead atoms. The summed E-state index contributed by atoms with van der Waals surface area (Å²) in [5.74, 6) is -0.0423. The molecular weight excluding hydrogens is 352 g/mol. The number of hydrogen-bond donors (Lipinski definition) is 0. The fourth-order valence-corrected chi connectivity index (χ4v) is 3.46. The topological polar surface area (TPSA) is 67.2 Å². The number of aryl methyl sites for hydroxylation is 1. The second-order valence-electron chi connectivity index (χ2n) is 7.00. The summed E-state index contributed by atoms with van der Waals surface area (Å²) in [4.78, 5) is 23.2. The summed E-state index contributed by atoms with van der Waals surface area (Å²) in [6, 6.07) is 15.6. The normalized spacial score (nSPS) is 15.4. The Morgan fingerprint density at radius 1 is 0.964 bits per heavy atom. The first kappa shape index (κ1) is 18.3. The highest BCUT2D eigenvalue weighted by Gasteiger charge is 2.25. The predicted molar refractivity (Wildman–Crippen MR) is 106 cm³/mol. The fourth-order valence-electron chi connectivity index (χ4n) is 3.46. The van der Waals surface area contributed by atoms with Gasteiger partial charge in [0.2, 0.25) is 0 Å². The van der Waals surface area contributed by atoms with Gasteiger partial charge < -0.3 is 4.90 Å². The highest BCUT2D eigenvalue weighted by molar-refractivity contribution is 5.93. The average molecular weight is 376 g/mol. The monoisotopic (exact) mass is 376 g/mol. The lowest BCUT2D eigenvalue weighted by Gasteiger charge is -2.21. The van der Waals surface area contributed by atoms with Crippen LogP contribution in [0.25, 0.3) is 5.69 Å². The van der Waals surface area contributed by atoms with Crippen LogP contribution in [0.4, 0.5) is 0 Å². The van der Waals surface area contributed by atoms with Gasteiger partial charge in [0.15, 0.2) is 5.69 Å². The highest BCUT2D eigenvalue weighted by Crippen LogP contribution is 2.13. The summed E-state index contributed by atoms with van der Waals surface area (Å²) >= 11 is 0. The summed E-state index contributed by atoms with van der Waals surface area (Å²) in [6.45, 7) is 5.85. The van der Waals surface area contributed by atoms with Crippen molar-refractivity contribution in [1.82, 2.24) is 29.8 Å². The van der Waals surface area contributed by atoms with Crippen LogP contribution in [0.1, 0.15) is 28.3 Å². The largest absolute Gasteiger partial charge is 0.336 e. The number of para-hydroxylation sites is 1. The van der Waals surface area contributed by atoms with Crippen molar-refractivity contribution in [2.24, 2.45) is 0 Å². The van der Waals surface area contributed by atoms with E-state index < -0.39 is 0 Å². The molecule has 7 heteroatoms. The molecule has 0 radical (unpaired) electrons. The molecule has 4 rings (SSSR count). The molecule has 2 aromatic heterocycles. The Bertz CT molecular complexity index is 925. The molecule has 0 spiro atoms. The van der Waals surface area contributed by atoms with Gasteiger partial charge in [0.05, 0.1) is 17.1 Å². The molecule has 3 aromatic rings. The molecule has 28 heavy (non-hydrogen) atoms. The van der Waals surface area contributed by atoms with Crippen molar-refractivity contribution >= 4 is 5.91 Å². The van der Waals surface area contributed by atoms with Crippen molar-refractivity contribution in [3.8, 4) is 5.69 Å². The second-order valence-corrected chi connectivity index (χ2v) is 7.00. The van der Waals surface area contributed by atoms with E-state index in [1.807, 2.05) is 66.6 Å². The van der Waals surface area contributed by atoms with Gasteiger partial charge in [-0.15, -0.1) is 5.10 Å². The van der Waals surface area contributed by atoms with Gasteiger partial charge in [-0.2, -0.15) is 9.90 Å². The number of benzene rings is 1. The molecule has 0 N–H and O–H groups in total. The molecule has 1 fully saturated rings. The maximum Gasteiger partial charge on any atom is 0.276 e. The van der Waals surface area contributed by atoms with Crippen LogP contribution in [0.2, 0.25) is 0 Å². The zero-order valence-electron chi connectivity index (χ0n) is 16.0. The van der Waals surface area contributed by atoms with E-state index in [9.17, 15) is 4.79 Å². The van der Waals surface area contributed by atoms with Gasteiger partial charge in [-0.1, -0.05) is 24.3 Å². The van der Waals surface area contributed by atoms with Gasteiger partial charge in [-0.05, 0) is 37.6 Å². The predicted octanol–water partition coefficient (Wildman–Crippen LogP) is 2.32.